The number of halogens is 3. The number of alkyl halides is 3. The molecule has 0 aromatic carbocycles. The van der Waals surface area contributed by atoms with Crippen molar-refractivity contribution in [3.63, 3.8) is 0 Å². The lowest BCUT2D eigenvalue weighted by molar-refractivity contribution is -0.141. The van der Waals surface area contributed by atoms with Crippen molar-refractivity contribution in [1.29, 1.82) is 0 Å². The molecule has 8 heteroatoms. The van der Waals surface area contributed by atoms with Gasteiger partial charge in [0.15, 0.2) is 5.69 Å². The SMILES string of the molecule is COC1CCN(CCNc2ccc(C(F)(F)F)nn2)CC1. The Hall–Kier alpha value is -1.41. The maximum Gasteiger partial charge on any atom is 0.435 e. The zero-order valence-corrected chi connectivity index (χ0v) is 11.9. The van der Waals surface area contributed by atoms with Crippen LogP contribution in [0.2, 0.25) is 0 Å². The van der Waals surface area contributed by atoms with Gasteiger partial charge in [0.25, 0.3) is 0 Å². The van der Waals surface area contributed by atoms with Gasteiger partial charge in [0.2, 0.25) is 0 Å². The molecule has 5 nitrogen and oxygen atoms in total. The number of ether oxygens (including phenoxy) is 1. The Morgan fingerprint density at radius 3 is 2.52 bits per heavy atom. The van der Waals surface area contributed by atoms with E-state index in [0.29, 0.717) is 18.5 Å². The number of hydrogen-bond donors (Lipinski definition) is 1. The minimum Gasteiger partial charge on any atom is -0.381 e. The minimum absolute atomic E-state index is 0.343. The summed E-state index contributed by atoms with van der Waals surface area (Å²) in [5, 5.41) is 9.68. The van der Waals surface area contributed by atoms with E-state index in [1.54, 1.807) is 7.11 Å². The fraction of sp³-hybridized carbons (Fsp3) is 0.692. The summed E-state index contributed by atoms with van der Waals surface area (Å²) >= 11 is 0. The summed E-state index contributed by atoms with van der Waals surface area (Å²) in [7, 11) is 1.73. The Bertz CT molecular complexity index is 430. The predicted molar refractivity (Wildman–Crippen MR) is 72.0 cm³/mol. The van der Waals surface area contributed by atoms with E-state index in [4.69, 9.17) is 4.74 Å². The number of rotatable bonds is 5. The van der Waals surface area contributed by atoms with Gasteiger partial charge in [-0.1, -0.05) is 0 Å². The molecular weight excluding hydrogens is 285 g/mol. The molecule has 1 saturated heterocycles. The maximum atomic E-state index is 12.3. The van der Waals surface area contributed by atoms with Crippen LogP contribution in [0.5, 0.6) is 0 Å². The Labute approximate surface area is 121 Å². The highest BCUT2D eigenvalue weighted by molar-refractivity contribution is 5.33. The predicted octanol–water partition coefficient (Wildman–Crippen LogP) is 2.02. The van der Waals surface area contributed by atoms with Gasteiger partial charge in [-0.3, -0.25) is 0 Å². The van der Waals surface area contributed by atoms with Crippen LogP contribution in [-0.4, -0.2) is 54.5 Å². The Morgan fingerprint density at radius 1 is 1.29 bits per heavy atom. The van der Waals surface area contributed by atoms with Crippen LogP contribution in [0.25, 0.3) is 0 Å². The number of nitrogens with one attached hydrogen (secondary N) is 1. The van der Waals surface area contributed by atoms with Crippen molar-refractivity contribution in [3.8, 4) is 0 Å². The quantitative estimate of drug-likeness (QED) is 0.902. The molecule has 0 radical (unpaired) electrons. The number of aromatic nitrogens is 2. The molecule has 0 bridgehead atoms. The number of piperidine rings is 1. The molecule has 118 valence electrons. The van der Waals surface area contributed by atoms with E-state index in [9.17, 15) is 13.2 Å². The van der Waals surface area contributed by atoms with Crippen LogP contribution in [0, 0.1) is 0 Å². The molecule has 1 aliphatic rings. The van der Waals surface area contributed by atoms with E-state index < -0.39 is 11.9 Å². The molecule has 0 aliphatic carbocycles. The van der Waals surface area contributed by atoms with E-state index in [0.717, 1.165) is 38.5 Å². The van der Waals surface area contributed by atoms with Crippen molar-refractivity contribution in [2.24, 2.45) is 0 Å². The third-order valence-electron chi connectivity index (χ3n) is 3.56. The fourth-order valence-electron chi connectivity index (χ4n) is 2.29. The first-order chi connectivity index (χ1) is 9.99. The zero-order chi connectivity index (χ0) is 15.3. The molecule has 21 heavy (non-hydrogen) atoms. The normalized spacial score (nSPS) is 17.9. The van der Waals surface area contributed by atoms with Gasteiger partial charge in [-0.05, 0) is 25.0 Å². The largest absolute Gasteiger partial charge is 0.435 e. The van der Waals surface area contributed by atoms with Crippen LogP contribution in [0.3, 0.4) is 0 Å². The van der Waals surface area contributed by atoms with Crippen molar-refractivity contribution >= 4 is 5.82 Å². The minimum atomic E-state index is -4.45. The van der Waals surface area contributed by atoms with Crippen molar-refractivity contribution < 1.29 is 17.9 Å². The summed E-state index contributed by atoms with van der Waals surface area (Å²) in [5.74, 6) is 0.356. The topological polar surface area (TPSA) is 50.3 Å². The van der Waals surface area contributed by atoms with Crippen molar-refractivity contribution in [2.75, 3.05) is 38.6 Å². The van der Waals surface area contributed by atoms with Crippen molar-refractivity contribution in [2.45, 2.75) is 25.1 Å². The van der Waals surface area contributed by atoms with Crippen LogP contribution >= 0.6 is 0 Å². The van der Waals surface area contributed by atoms with Crippen molar-refractivity contribution in [3.05, 3.63) is 17.8 Å². The lowest BCUT2D eigenvalue weighted by Gasteiger charge is -2.31. The average Bonchev–Trinajstić information content (AvgIpc) is 2.47. The fourth-order valence-corrected chi connectivity index (χ4v) is 2.29. The second-order valence-electron chi connectivity index (χ2n) is 5.01. The molecule has 2 rings (SSSR count). The number of likely N-dealkylation sites (tertiary alicyclic amines) is 1. The first kappa shape index (κ1) is 16.0. The monoisotopic (exact) mass is 304 g/mol. The third-order valence-corrected chi connectivity index (χ3v) is 3.56. The molecule has 1 fully saturated rings. The number of hydrogen-bond acceptors (Lipinski definition) is 5. The van der Waals surface area contributed by atoms with Gasteiger partial charge in [0.1, 0.15) is 5.82 Å². The van der Waals surface area contributed by atoms with E-state index >= 15 is 0 Å². The lowest BCUT2D eigenvalue weighted by Crippen LogP contribution is -2.39. The van der Waals surface area contributed by atoms with Crippen LogP contribution in [-0.2, 0) is 10.9 Å². The smallest absolute Gasteiger partial charge is 0.381 e. The molecule has 0 unspecified atom stereocenters. The number of nitrogens with zero attached hydrogens (tertiary/aromatic N) is 3. The molecule has 1 aliphatic heterocycles. The van der Waals surface area contributed by atoms with E-state index in [-0.39, 0.29) is 0 Å². The van der Waals surface area contributed by atoms with Gasteiger partial charge in [0, 0.05) is 33.3 Å². The van der Waals surface area contributed by atoms with Gasteiger partial charge in [-0.25, -0.2) is 0 Å². The molecule has 0 atom stereocenters. The number of methoxy groups -OCH3 is 1. The first-order valence-corrected chi connectivity index (χ1v) is 6.89. The van der Waals surface area contributed by atoms with Gasteiger partial charge in [-0.15, -0.1) is 10.2 Å². The third kappa shape index (κ3) is 4.82. The second-order valence-corrected chi connectivity index (χ2v) is 5.01. The Kier molecular flexibility index (Phi) is 5.35. The summed E-state index contributed by atoms with van der Waals surface area (Å²) in [4.78, 5) is 2.29. The summed E-state index contributed by atoms with van der Waals surface area (Å²) < 4.78 is 42.3. The van der Waals surface area contributed by atoms with Crippen LogP contribution in [0.15, 0.2) is 12.1 Å². The van der Waals surface area contributed by atoms with Crippen molar-refractivity contribution in [1.82, 2.24) is 15.1 Å². The molecule has 0 amide bonds. The van der Waals surface area contributed by atoms with Crippen LogP contribution in [0.1, 0.15) is 18.5 Å². The molecule has 2 heterocycles. The van der Waals surface area contributed by atoms with Crippen LogP contribution in [0.4, 0.5) is 19.0 Å². The summed E-state index contributed by atoms with van der Waals surface area (Å²) in [6.45, 7) is 3.38. The van der Waals surface area contributed by atoms with Gasteiger partial charge in [0.05, 0.1) is 6.10 Å². The van der Waals surface area contributed by atoms with E-state index in [1.165, 1.54) is 6.07 Å². The lowest BCUT2D eigenvalue weighted by atomic mass is 10.1. The molecular formula is C13H19F3N4O. The van der Waals surface area contributed by atoms with Gasteiger partial charge in [-0.2, -0.15) is 13.2 Å². The first-order valence-electron chi connectivity index (χ1n) is 6.89. The highest BCUT2D eigenvalue weighted by Gasteiger charge is 2.32. The standard InChI is InChI=1S/C13H19F3N4O/c1-21-10-4-7-20(8-5-10)9-6-17-12-3-2-11(18-19-12)13(14,15)16/h2-3,10H,4-9H2,1H3,(H,17,19). The Balaban J connectivity index is 1.72. The highest BCUT2D eigenvalue weighted by Crippen LogP contribution is 2.27. The summed E-state index contributed by atoms with van der Waals surface area (Å²) in [6, 6.07) is 2.23. The van der Waals surface area contributed by atoms with E-state index in [1.807, 2.05) is 0 Å². The average molecular weight is 304 g/mol. The molecule has 0 saturated carbocycles. The molecule has 1 aromatic rings. The van der Waals surface area contributed by atoms with E-state index in [2.05, 4.69) is 20.4 Å². The molecule has 0 spiro atoms. The summed E-state index contributed by atoms with van der Waals surface area (Å²) in [5.41, 5.74) is -0.977. The van der Waals surface area contributed by atoms with Gasteiger partial charge < -0.3 is 15.0 Å². The number of anilines is 1. The molecule has 1 aromatic heterocycles. The second kappa shape index (κ2) is 7.04. The Morgan fingerprint density at radius 2 is 2.00 bits per heavy atom. The van der Waals surface area contributed by atoms with Crippen LogP contribution < -0.4 is 5.32 Å². The summed E-state index contributed by atoms with van der Waals surface area (Å²) in [6.07, 6.45) is -2.08. The maximum absolute atomic E-state index is 12.3. The van der Waals surface area contributed by atoms with Gasteiger partial charge >= 0.3 is 6.18 Å². The highest BCUT2D eigenvalue weighted by atomic mass is 19.4. The molecule has 1 N–H and O–H groups in total. The zero-order valence-electron chi connectivity index (χ0n) is 11.9.